The number of pyridine rings is 1. The summed E-state index contributed by atoms with van der Waals surface area (Å²) in [6.07, 6.45) is 3.39. The summed E-state index contributed by atoms with van der Waals surface area (Å²) < 4.78 is 18.6. The van der Waals surface area contributed by atoms with Gasteiger partial charge in [0.05, 0.1) is 7.11 Å². The Kier molecular flexibility index (Phi) is 4.14. The fourth-order valence-electron chi connectivity index (χ4n) is 2.16. The molecule has 0 atom stereocenters. The van der Waals surface area contributed by atoms with Crippen LogP contribution in [0.2, 0.25) is 0 Å². The van der Waals surface area contributed by atoms with Gasteiger partial charge in [-0.2, -0.15) is 0 Å². The minimum absolute atomic E-state index is 0.384. The maximum absolute atomic E-state index is 13.6. The van der Waals surface area contributed by atoms with Crippen LogP contribution in [0.25, 0.3) is 11.4 Å². The molecule has 0 fully saturated rings. The number of benzene rings is 1. The van der Waals surface area contributed by atoms with Gasteiger partial charge in [0, 0.05) is 47.5 Å². The molecule has 3 aromatic rings. The molecule has 5 nitrogen and oxygen atoms in total. The lowest BCUT2D eigenvalue weighted by atomic mass is 10.2. The number of halogens is 1. The van der Waals surface area contributed by atoms with Gasteiger partial charge in [-0.15, -0.1) is 0 Å². The predicted molar refractivity (Wildman–Crippen MR) is 86.2 cm³/mol. The Morgan fingerprint density at radius 2 is 2.00 bits per heavy atom. The van der Waals surface area contributed by atoms with E-state index < -0.39 is 0 Å². The molecule has 3 rings (SSSR count). The largest absolute Gasteiger partial charge is 0.497 e. The molecule has 0 saturated heterocycles. The highest BCUT2D eigenvalue weighted by atomic mass is 19.1. The Morgan fingerprint density at radius 3 is 2.74 bits per heavy atom. The number of nitrogens with zero attached hydrogens (tertiary/aromatic N) is 3. The summed E-state index contributed by atoms with van der Waals surface area (Å²) in [6.45, 7) is 1.87. The monoisotopic (exact) mass is 310 g/mol. The number of rotatable bonds is 4. The number of anilines is 2. The Hall–Kier alpha value is -3.02. The molecular formula is C17H15FN4O. The van der Waals surface area contributed by atoms with Crippen LogP contribution in [-0.4, -0.2) is 22.1 Å². The van der Waals surface area contributed by atoms with E-state index in [-0.39, 0.29) is 5.82 Å². The lowest BCUT2D eigenvalue weighted by Gasteiger charge is -2.10. The molecule has 0 aliphatic heterocycles. The van der Waals surface area contributed by atoms with E-state index in [2.05, 4.69) is 20.3 Å². The minimum Gasteiger partial charge on any atom is -0.497 e. The van der Waals surface area contributed by atoms with Crippen molar-refractivity contribution in [2.75, 3.05) is 12.4 Å². The van der Waals surface area contributed by atoms with E-state index in [1.165, 1.54) is 19.2 Å². The van der Waals surface area contributed by atoms with Crippen molar-refractivity contribution in [3.05, 3.63) is 60.3 Å². The molecule has 1 N–H and O–H groups in total. The number of nitrogens with one attached hydrogen (secondary N) is 1. The van der Waals surface area contributed by atoms with E-state index in [4.69, 9.17) is 4.74 Å². The van der Waals surface area contributed by atoms with Crippen molar-refractivity contribution in [2.24, 2.45) is 0 Å². The van der Waals surface area contributed by atoms with Crippen LogP contribution in [0.15, 0.2) is 48.8 Å². The summed E-state index contributed by atoms with van der Waals surface area (Å²) in [5.41, 5.74) is 2.16. The smallest absolute Gasteiger partial charge is 0.163 e. The summed E-state index contributed by atoms with van der Waals surface area (Å²) >= 11 is 0. The fourth-order valence-corrected chi connectivity index (χ4v) is 2.16. The van der Waals surface area contributed by atoms with Crippen LogP contribution in [0.5, 0.6) is 5.75 Å². The average Bonchev–Trinajstić information content (AvgIpc) is 2.54. The van der Waals surface area contributed by atoms with Gasteiger partial charge < -0.3 is 10.1 Å². The van der Waals surface area contributed by atoms with Gasteiger partial charge in [-0.25, -0.2) is 14.4 Å². The Bertz CT molecular complexity index is 824. The van der Waals surface area contributed by atoms with E-state index in [1.54, 1.807) is 24.5 Å². The van der Waals surface area contributed by atoms with Gasteiger partial charge in [-0.3, -0.25) is 4.98 Å². The van der Waals surface area contributed by atoms with Crippen LogP contribution < -0.4 is 10.1 Å². The van der Waals surface area contributed by atoms with Crippen molar-refractivity contribution in [1.82, 2.24) is 15.0 Å². The van der Waals surface area contributed by atoms with Gasteiger partial charge in [0.15, 0.2) is 5.82 Å². The van der Waals surface area contributed by atoms with Crippen molar-refractivity contribution >= 4 is 11.5 Å². The fraction of sp³-hybridized carbons (Fsp3) is 0.118. The summed E-state index contributed by atoms with van der Waals surface area (Å²) in [7, 11) is 1.49. The van der Waals surface area contributed by atoms with Crippen molar-refractivity contribution in [3.8, 4) is 17.1 Å². The first kappa shape index (κ1) is 14.9. The molecule has 0 aliphatic rings. The SMILES string of the molecule is COc1cc(F)cc(Nc2cc(C)nc(-c3cccnc3)n2)c1. The van der Waals surface area contributed by atoms with E-state index in [9.17, 15) is 4.39 Å². The third-order valence-corrected chi connectivity index (χ3v) is 3.15. The summed E-state index contributed by atoms with van der Waals surface area (Å²) in [5.74, 6) is 1.18. The van der Waals surface area contributed by atoms with Crippen LogP contribution in [0.3, 0.4) is 0 Å². The maximum atomic E-state index is 13.6. The van der Waals surface area contributed by atoms with Crippen LogP contribution in [-0.2, 0) is 0 Å². The minimum atomic E-state index is -0.384. The van der Waals surface area contributed by atoms with Gasteiger partial charge in [-0.05, 0) is 25.1 Å². The highest BCUT2D eigenvalue weighted by Crippen LogP contribution is 2.24. The zero-order valence-electron chi connectivity index (χ0n) is 12.7. The van der Waals surface area contributed by atoms with E-state index in [0.29, 0.717) is 23.1 Å². The first-order chi connectivity index (χ1) is 11.1. The number of aromatic nitrogens is 3. The normalized spacial score (nSPS) is 10.4. The summed E-state index contributed by atoms with van der Waals surface area (Å²) in [4.78, 5) is 12.9. The Labute approximate surface area is 133 Å². The Balaban J connectivity index is 1.95. The molecule has 2 heterocycles. The third kappa shape index (κ3) is 3.60. The molecule has 23 heavy (non-hydrogen) atoms. The third-order valence-electron chi connectivity index (χ3n) is 3.15. The standard InChI is InChI=1S/C17H15FN4O/c1-11-6-16(21-14-7-13(18)8-15(9-14)23-2)22-17(20-11)12-4-3-5-19-10-12/h3-10H,1-2H3,(H,20,21,22). The zero-order chi connectivity index (χ0) is 16.2. The molecule has 6 heteroatoms. The second kappa shape index (κ2) is 6.39. The van der Waals surface area contributed by atoms with E-state index in [1.807, 2.05) is 19.1 Å². The molecular weight excluding hydrogens is 295 g/mol. The highest BCUT2D eigenvalue weighted by Gasteiger charge is 2.07. The molecule has 2 aromatic heterocycles. The number of methoxy groups -OCH3 is 1. The van der Waals surface area contributed by atoms with Gasteiger partial charge in [-0.1, -0.05) is 0 Å². The van der Waals surface area contributed by atoms with Gasteiger partial charge in [0.1, 0.15) is 17.4 Å². The maximum Gasteiger partial charge on any atom is 0.163 e. The Morgan fingerprint density at radius 1 is 1.13 bits per heavy atom. The van der Waals surface area contributed by atoms with Gasteiger partial charge in [0.25, 0.3) is 0 Å². The summed E-state index contributed by atoms with van der Waals surface area (Å²) in [5, 5.41) is 3.08. The molecule has 0 unspecified atom stereocenters. The lowest BCUT2D eigenvalue weighted by Crippen LogP contribution is -2.00. The number of hydrogen-bond acceptors (Lipinski definition) is 5. The second-order valence-electron chi connectivity index (χ2n) is 4.96. The number of aryl methyl sites for hydroxylation is 1. The molecule has 0 spiro atoms. The van der Waals surface area contributed by atoms with Gasteiger partial charge >= 0.3 is 0 Å². The van der Waals surface area contributed by atoms with Gasteiger partial charge in [0.2, 0.25) is 0 Å². The number of hydrogen-bond donors (Lipinski definition) is 1. The first-order valence-electron chi connectivity index (χ1n) is 7.02. The van der Waals surface area contributed by atoms with Crippen LogP contribution >= 0.6 is 0 Å². The topological polar surface area (TPSA) is 59.9 Å². The summed E-state index contributed by atoms with van der Waals surface area (Å²) in [6, 6.07) is 9.89. The first-order valence-corrected chi connectivity index (χ1v) is 7.02. The van der Waals surface area contributed by atoms with Crippen molar-refractivity contribution in [3.63, 3.8) is 0 Å². The van der Waals surface area contributed by atoms with E-state index in [0.717, 1.165) is 11.3 Å². The van der Waals surface area contributed by atoms with Crippen molar-refractivity contribution < 1.29 is 9.13 Å². The molecule has 116 valence electrons. The molecule has 0 radical (unpaired) electrons. The predicted octanol–water partition coefficient (Wildman–Crippen LogP) is 3.74. The molecule has 0 amide bonds. The van der Waals surface area contributed by atoms with Crippen LogP contribution in [0, 0.1) is 12.7 Å². The zero-order valence-corrected chi connectivity index (χ0v) is 12.7. The van der Waals surface area contributed by atoms with E-state index >= 15 is 0 Å². The van der Waals surface area contributed by atoms with Crippen LogP contribution in [0.1, 0.15) is 5.69 Å². The lowest BCUT2D eigenvalue weighted by molar-refractivity contribution is 0.411. The quantitative estimate of drug-likeness (QED) is 0.795. The molecule has 1 aromatic carbocycles. The highest BCUT2D eigenvalue weighted by molar-refractivity contribution is 5.62. The molecule has 0 saturated carbocycles. The number of ether oxygens (including phenoxy) is 1. The molecule has 0 aliphatic carbocycles. The molecule has 0 bridgehead atoms. The van der Waals surface area contributed by atoms with Crippen molar-refractivity contribution in [1.29, 1.82) is 0 Å². The van der Waals surface area contributed by atoms with Crippen LogP contribution in [0.4, 0.5) is 15.9 Å². The van der Waals surface area contributed by atoms with Crippen molar-refractivity contribution in [2.45, 2.75) is 6.92 Å². The second-order valence-corrected chi connectivity index (χ2v) is 4.96. The average molecular weight is 310 g/mol.